The van der Waals surface area contributed by atoms with E-state index >= 15 is 4.39 Å². The summed E-state index contributed by atoms with van der Waals surface area (Å²) >= 11 is 0. The molecule has 0 aromatic heterocycles. The van der Waals surface area contributed by atoms with Crippen LogP contribution in [-0.4, -0.2) is 111 Å². The summed E-state index contributed by atoms with van der Waals surface area (Å²) in [4.78, 5) is 44.8. The van der Waals surface area contributed by atoms with Crippen molar-refractivity contribution in [3.05, 3.63) is 65.0 Å². The number of rotatable bonds is 10. The van der Waals surface area contributed by atoms with Crippen molar-refractivity contribution < 1.29 is 36.0 Å². The SMILES string of the molecule is CC(C)(C)CN1CCN(Cc2ccc(N(Cc3ccc(C(=O)CNC(=O)C(F)F)cc3F)C(=O)N3CCS(=O)(=O)CC3)cc2)CC1. The highest BCUT2D eigenvalue weighted by molar-refractivity contribution is 7.91. The van der Waals surface area contributed by atoms with Gasteiger partial charge in [0.05, 0.1) is 24.6 Å². The zero-order valence-corrected chi connectivity index (χ0v) is 27.3. The Labute approximate surface area is 268 Å². The fourth-order valence-corrected chi connectivity index (χ4v) is 6.73. The lowest BCUT2D eigenvalue weighted by atomic mass is 9.96. The molecule has 14 heteroatoms. The zero-order valence-electron chi connectivity index (χ0n) is 26.5. The van der Waals surface area contributed by atoms with E-state index in [1.165, 1.54) is 21.9 Å². The Kier molecular flexibility index (Phi) is 11.5. The topological polar surface area (TPSA) is 110 Å². The third-order valence-corrected chi connectivity index (χ3v) is 9.60. The number of sulfone groups is 1. The van der Waals surface area contributed by atoms with E-state index in [4.69, 9.17) is 0 Å². The number of hydrogen-bond donors (Lipinski definition) is 1. The molecule has 2 heterocycles. The molecule has 0 spiro atoms. The van der Waals surface area contributed by atoms with E-state index in [9.17, 15) is 31.6 Å². The summed E-state index contributed by atoms with van der Waals surface area (Å²) in [5.41, 5.74) is 1.75. The van der Waals surface area contributed by atoms with E-state index in [0.29, 0.717) is 5.69 Å². The van der Waals surface area contributed by atoms with Crippen molar-refractivity contribution in [2.24, 2.45) is 5.41 Å². The van der Waals surface area contributed by atoms with Gasteiger partial charge in [-0.3, -0.25) is 19.4 Å². The number of hydrogen-bond acceptors (Lipinski definition) is 7. The third-order valence-electron chi connectivity index (χ3n) is 7.99. The third kappa shape index (κ3) is 10.0. The molecule has 0 aliphatic carbocycles. The van der Waals surface area contributed by atoms with Crippen LogP contribution < -0.4 is 10.2 Å². The average Bonchev–Trinajstić information content (AvgIpc) is 2.99. The van der Waals surface area contributed by atoms with E-state index in [1.54, 1.807) is 17.4 Å². The minimum atomic E-state index is -3.28. The lowest BCUT2D eigenvalue weighted by Crippen LogP contribution is -2.49. The van der Waals surface area contributed by atoms with Crippen LogP contribution in [0.25, 0.3) is 0 Å². The first-order valence-corrected chi connectivity index (χ1v) is 17.1. The molecule has 3 amide bonds. The highest BCUT2D eigenvalue weighted by atomic mass is 32.2. The number of piperazine rings is 1. The van der Waals surface area contributed by atoms with Gasteiger partial charge in [-0.25, -0.2) is 17.6 Å². The number of amides is 3. The molecule has 0 atom stereocenters. The Bertz CT molecular complexity index is 1490. The van der Waals surface area contributed by atoms with Crippen molar-refractivity contribution in [3.63, 3.8) is 0 Å². The van der Waals surface area contributed by atoms with Gasteiger partial charge in [0.15, 0.2) is 15.6 Å². The van der Waals surface area contributed by atoms with Crippen LogP contribution in [0.5, 0.6) is 0 Å². The van der Waals surface area contributed by atoms with Gasteiger partial charge in [0.2, 0.25) is 0 Å². The first-order valence-electron chi connectivity index (χ1n) is 15.3. The summed E-state index contributed by atoms with van der Waals surface area (Å²) in [6.07, 6.45) is -3.28. The lowest BCUT2D eigenvalue weighted by Gasteiger charge is -2.38. The van der Waals surface area contributed by atoms with Gasteiger partial charge in [-0.05, 0) is 29.2 Å². The quantitative estimate of drug-likeness (QED) is 0.388. The number of carbonyl (C=O) groups excluding carboxylic acids is 3. The Morgan fingerprint density at radius 1 is 0.913 bits per heavy atom. The first-order chi connectivity index (χ1) is 21.6. The number of alkyl halides is 2. The number of anilines is 1. The number of carbonyl (C=O) groups is 3. The summed E-state index contributed by atoms with van der Waals surface area (Å²) < 4.78 is 64.1. The summed E-state index contributed by atoms with van der Waals surface area (Å²) in [6.45, 7) is 11.4. The van der Waals surface area contributed by atoms with E-state index < -0.39 is 46.3 Å². The number of Topliss-reactive ketones (excluding diaryl/α,β-unsaturated/α-hetero) is 1. The highest BCUT2D eigenvalue weighted by Crippen LogP contribution is 2.24. The maximum atomic E-state index is 15.3. The summed E-state index contributed by atoms with van der Waals surface area (Å²) in [5.74, 6) is -3.49. The van der Waals surface area contributed by atoms with Crippen molar-refractivity contribution >= 4 is 33.2 Å². The second-order valence-electron chi connectivity index (χ2n) is 13.0. The molecule has 4 rings (SSSR count). The van der Waals surface area contributed by atoms with Crippen molar-refractivity contribution in [1.29, 1.82) is 0 Å². The van der Waals surface area contributed by atoms with Crippen LogP contribution >= 0.6 is 0 Å². The maximum Gasteiger partial charge on any atom is 0.324 e. The minimum absolute atomic E-state index is 0.0111. The number of ketones is 1. The fourth-order valence-electron chi connectivity index (χ4n) is 5.53. The molecule has 2 aromatic rings. The smallest absolute Gasteiger partial charge is 0.324 e. The molecule has 0 bridgehead atoms. The van der Waals surface area contributed by atoms with Gasteiger partial charge in [-0.15, -0.1) is 0 Å². The minimum Gasteiger partial charge on any atom is -0.344 e. The normalized spacial score (nSPS) is 17.6. The van der Waals surface area contributed by atoms with Crippen LogP contribution in [0.1, 0.15) is 42.3 Å². The van der Waals surface area contributed by atoms with Crippen molar-refractivity contribution in [2.45, 2.75) is 40.3 Å². The number of nitrogens with one attached hydrogen (secondary N) is 1. The molecular weight excluding hydrogens is 623 g/mol. The first kappa shape index (κ1) is 35.4. The second kappa shape index (κ2) is 14.9. The second-order valence-corrected chi connectivity index (χ2v) is 15.3. The van der Waals surface area contributed by atoms with E-state index in [2.05, 4.69) is 30.6 Å². The number of urea groups is 1. The van der Waals surface area contributed by atoms with Crippen molar-refractivity contribution in [2.75, 3.05) is 68.8 Å². The molecule has 252 valence electrons. The number of halogens is 3. The van der Waals surface area contributed by atoms with Crippen LogP contribution in [0.2, 0.25) is 0 Å². The predicted octanol–water partition coefficient (Wildman–Crippen LogP) is 3.41. The van der Waals surface area contributed by atoms with Gasteiger partial charge in [0.25, 0.3) is 5.91 Å². The van der Waals surface area contributed by atoms with Crippen LogP contribution in [-0.2, 0) is 27.7 Å². The molecule has 0 saturated carbocycles. The van der Waals surface area contributed by atoms with Crippen molar-refractivity contribution in [1.82, 2.24) is 20.0 Å². The van der Waals surface area contributed by atoms with Crippen LogP contribution in [0, 0.1) is 11.2 Å². The van der Waals surface area contributed by atoms with Gasteiger partial charge < -0.3 is 15.1 Å². The summed E-state index contributed by atoms with van der Waals surface area (Å²) in [6, 6.07) is 10.5. The zero-order chi connectivity index (χ0) is 33.6. The van der Waals surface area contributed by atoms with Crippen LogP contribution in [0.15, 0.2) is 42.5 Å². The molecule has 2 saturated heterocycles. The molecule has 46 heavy (non-hydrogen) atoms. The molecule has 0 unspecified atom stereocenters. The van der Waals surface area contributed by atoms with Gasteiger partial charge in [-0.2, -0.15) is 8.78 Å². The Hall–Kier alpha value is -3.49. The molecule has 2 aliphatic rings. The highest BCUT2D eigenvalue weighted by Gasteiger charge is 2.30. The molecule has 2 aromatic carbocycles. The lowest BCUT2D eigenvalue weighted by molar-refractivity contribution is -0.131. The van der Waals surface area contributed by atoms with E-state index in [-0.39, 0.29) is 47.7 Å². The van der Waals surface area contributed by atoms with Crippen LogP contribution in [0.3, 0.4) is 0 Å². The molecule has 10 nitrogen and oxygen atoms in total. The molecule has 2 aliphatic heterocycles. The molecule has 2 fully saturated rings. The summed E-state index contributed by atoms with van der Waals surface area (Å²) in [5, 5.41) is 1.80. The van der Waals surface area contributed by atoms with Gasteiger partial charge in [0.1, 0.15) is 5.82 Å². The van der Waals surface area contributed by atoms with Crippen molar-refractivity contribution in [3.8, 4) is 0 Å². The fraction of sp³-hybridized carbons (Fsp3) is 0.531. The Balaban J connectivity index is 1.48. The maximum absolute atomic E-state index is 15.3. The average molecular weight is 666 g/mol. The van der Waals surface area contributed by atoms with E-state index in [1.807, 2.05) is 12.1 Å². The Morgan fingerprint density at radius 3 is 2.09 bits per heavy atom. The van der Waals surface area contributed by atoms with E-state index in [0.717, 1.165) is 50.9 Å². The molecule has 1 N–H and O–H groups in total. The van der Waals surface area contributed by atoms with Crippen LogP contribution in [0.4, 0.5) is 23.7 Å². The molecular formula is C32H42F3N5O5S. The standard InChI is InChI=1S/C32H42F3N5O5S/c1-32(2,3)22-38-12-10-37(11-13-38)20-23-4-8-26(9-5-23)40(31(43)39-14-16-46(44,45)17-15-39)21-25-7-6-24(18-27(25)33)28(41)19-36-30(42)29(34)35/h4-9,18,29H,10-17,19-22H2,1-3H3,(H,36,42). The van der Waals surface area contributed by atoms with Gasteiger partial charge in [0, 0.05) is 69.2 Å². The Morgan fingerprint density at radius 2 is 1.52 bits per heavy atom. The number of nitrogens with zero attached hydrogens (tertiary/aromatic N) is 4. The predicted molar refractivity (Wildman–Crippen MR) is 169 cm³/mol. The number of benzene rings is 2. The monoisotopic (exact) mass is 665 g/mol. The van der Waals surface area contributed by atoms with Gasteiger partial charge >= 0.3 is 12.5 Å². The molecule has 0 radical (unpaired) electrons. The van der Waals surface area contributed by atoms with Gasteiger partial charge in [-0.1, -0.05) is 45.0 Å². The largest absolute Gasteiger partial charge is 0.344 e. The summed E-state index contributed by atoms with van der Waals surface area (Å²) in [7, 11) is -3.25.